The van der Waals surface area contributed by atoms with Gasteiger partial charge in [0.2, 0.25) is 4.96 Å². The summed E-state index contributed by atoms with van der Waals surface area (Å²) >= 11 is 1.59. The standard InChI is InChI=1S/C13H21N5OS/c1-8(2)6-9(7-14)12-17-18-11(10-4-3-5-19-10)15-16-13(18)20-12/h8-10H,3-7,14H2,1-2H3. The predicted molar refractivity (Wildman–Crippen MR) is 77.8 cm³/mol. The number of nitrogens with zero attached hydrogens (tertiary/aromatic N) is 4. The number of rotatable bonds is 5. The normalized spacial score (nSPS) is 21.1. The van der Waals surface area contributed by atoms with Crippen LogP contribution in [-0.2, 0) is 4.74 Å². The zero-order chi connectivity index (χ0) is 14.1. The van der Waals surface area contributed by atoms with Crippen molar-refractivity contribution in [2.75, 3.05) is 13.2 Å². The maximum atomic E-state index is 5.90. The van der Waals surface area contributed by atoms with Crippen LogP contribution in [0.1, 0.15) is 56.0 Å². The third-order valence-electron chi connectivity index (χ3n) is 3.64. The number of fused-ring (bicyclic) bond motifs is 1. The van der Waals surface area contributed by atoms with Crippen LogP contribution in [0.5, 0.6) is 0 Å². The molecule has 0 amide bonds. The van der Waals surface area contributed by atoms with E-state index in [1.165, 1.54) is 0 Å². The van der Waals surface area contributed by atoms with Crippen LogP contribution in [-0.4, -0.2) is 33.0 Å². The van der Waals surface area contributed by atoms with Gasteiger partial charge in [0, 0.05) is 19.1 Å². The van der Waals surface area contributed by atoms with Crippen LogP contribution >= 0.6 is 11.3 Å². The number of ether oxygens (including phenoxy) is 1. The van der Waals surface area contributed by atoms with E-state index in [1.807, 2.05) is 4.52 Å². The molecule has 3 heterocycles. The van der Waals surface area contributed by atoms with E-state index < -0.39 is 0 Å². The molecule has 0 aliphatic carbocycles. The van der Waals surface area contributed by atoms with Crippen molar-refractivity contribution >= 4 is 16.3 Å². The lowest BCUT2D eigenvalue weighted by Crippen LogP contribution is -2.15. The quantitative estimate of drug-likeness (QED) is 0.914. The molecule has 110 valence electrons. The van der Waals surface area contributed by atoms with Gasteiger partial charge >= 0.3 is 0 Å². The van der Waals surface area contributed by atoms with E-state index in [2.05, 4.69) is 24.0 Å². The molecule has 2 unspecified atom stereocenters. The molecule has 0 spiro atoms. The van der Waals surface area contributed by atoms with Gasteiger partial charge in [0.15, 0.2) is 5.82 Å². The second-order valence-corrected chi connectivity index (χ2v) is 6.74. The Hall–Kier alpha value is -1.05. The second kappa shape index (κ2) is 5.75. The average Bonchev–Trinajstić information content (AvgIpc) is 3.10. The van der Waals surface area contributed by atoms with Crippen LogP contribution in [0.4, 0.5) is 0 Å². The smallest absolute Gasteiger partial charge is 0.234 e. The summed E-state index contributed by atoms with van der Waals surface area (Å²) in [4.78, 5) is 0.840. The van der Waals surface area contributed by atoms with Gasteiger partial charge in [-0.2, -0.15) is 9.61 Å². The lowest BCUT2D eigenvalue weighted by Gasteiger charge is -2.13. The minimum Gasteiger partial charge on any atom is -0.370 e. The average molecular weight is 295 g/mol. The third-order valence-corrected chi connectivity index (χ3v) is 4.70. The molecule has 0 bridgehead atoms. The predicted octanol–water partition coefficient (Wildman–Crippen LogP) is 2.13. The van der Waals surface area contributed by atoms with Gasteiger partial charge in [-0.25, -0.2) is 0 Å². The molecule has 0 saturated carbocycles. The summed E-state index contributed by atoms with van der Waals surface area (Å²) in [5.74, 6) is 1.75. The highest BCUT2D eigenvalue weighted by Gasteiger charge is 2.26. The van der Waals surface area contributed by atoms with E-state index >= 15 is 0 Å². The highest BCUT2D eigenvalue weighted by Crippen LogP contribution is 2.31. The minimum atomic E-state index is 0.0429. The molecular formula is C13H21N5OS. The van der Waals surface area contributed by atoms with E-state index in [-0.39, 0.29) is 6.10 Å². The first-order chi connectivity index (χ1) is 9.69. The summed E-state index contributed by atoms with van der Waals surface area (Å²) < 4.78 is 7.53. The molecule has 7 heteroatoms. The number of hydrogen-bond donors (Lipinski definition) is 1. The van der Waals surface area contributed by atoms with Crippen molar-refractivity contribution in [1.82, 2.24) is 19.8 Å². The van der Waals surface area contributed by atoms with Crippen molar-refractivity contribution in [3.63, 3.8) is 0 Å². The van der Waals surface area contributed by atoms with Crippen LogP contribution in [0.2, 0.25) is 0 Å². The summed E-state index contributed by atoms with van der Waals surface area (Å²) in [6, 6.07) is 0. The van der Waals surface area contributed by atoms with Gasteiger partial charge in [0.25, 0.3) is 0 Å². The van der Waals surface area contributed by atoms with Gasteiger partial charge in [-0.1, -0.05) is 25.2 Å². The molecule has 2 N–H and O–H groups in total. The van der Waals surface area contributed by atoms with E-state index in [0.717, 1.165) is 41.7 Å². The lowest BCUT2D eigenvalue weighted by molar-refractivity contribution is 0.103. The van der Waals surface area contributed by atoms with Crippen molar-refractivity contribution in [3.05, 3.63) is 10.8 Å². The first-order valence-corrected chi connectivity index (χ1v) is 8.04. The van der Waals surface area contributed by atoms with Crippen LogP contribution in [0.3, 0.4) is 0 Å². The molecule has 20 heavy (non-hydrogen) atoms. The Balaban J connectivity index is 1.90. The van der Waals surface area contributed by atoms with Gasteiger partial charge in [-0.3, -0.25) is 0 Å². The molecule has 2 aromatic rings. The Bertz CT molecular complexity index is 572. The van der Waals surface area contributed by atoms with Crippen molar-refractivity contribution in [3.8, 4) is 0 Å². The zero-order valence-electron chi connectivity index (χ0n) is 12.0. The Morgan fingerprint density at radius 3 is 2.95 bits per heavy atom. The third kappa shape index (κ3) is 2.57. The molecule has 2 aromatic heterocycles. The van der Waals surface area contributed by atoms with E-state index in [0.29, 0.717) is 18.4 Å². The molecule has 2 atom stereocenters. The molecule has 6 nitrogen and oxygen atoms in total. The molecule has 0 aromatic carbocycles. The first-order valence-electron chi connectivity index (χ1n) is 7.22. The van der Waals surface area contributed by atoms with Crippen molar-refractivity contribution in [1.29, 1.82) is 0 Å². The van der Waals surface area contributed by atoms with Crippen LogP contribution < -0.4 is 5.73 Å². The molecule has 1 aliphatic rings. The molecule has 1 fully saturated rings. The minimum absolute atomic E-state index is 0.0429. The Labute approximate surface area is 122 Å². The van der Waals surface area contributed by atoms with Gasteiger partial charge in [0.05, 0.1) is 0 Å². The second-order valence-electron chi connectivity index (χ2n) is 5.76. The van der Waals surface area contributed by atoms with Crippen LogP contribution in [0.15, 0.2) is 0 Å². The topological polar surface area (TPSA) is 78.3 Å². The van der Waals surface area contributed by atoms with Crippen molar-refractivity contribution in [2.24, 2.45) is 11.7 Å². The monoisotopic (exact) mass is 295 g/mol. The van der Waals surface area contributed by atoms with Crippen LogP contribution in [0, 0.1) is 5.92 Å². The number of nitrogens with two attached hydrogens (primary N) is 1. The van der Waals surface area contributed by atoms with E-state index in [1.54, 1.807) is 11.3 Å². The molecule has 1 aliphatic heterocycles. The number of aromatic nitrogens is 4. The van der Waals surface area contributed by atoms with E-state index in [9.17, 15) is 0 Å². The highest BCUT2D eigenvalue weighted by atomic mass is 32.1. The highest BCUT2D eigenvalue weighted by molar-refractivity contribution is 7.16. The summed E-state index contributed by atoms with van der Waals surface area (Å²) in [6.45, 7) is 5.84. The summed E-state index contributed by atoms with van der Waals surface area (Å²) in [5, 5.41) is 14.2. The van der Waals surface area contributed by atoms with Gasteiger partial charge in [0.1, 0.15) is 11.1 Å². The fourth-order valence-electron chi connectivity index (χ4n) is 2.66. The fraction of sp³-hybridized carbons (Fsp3) is 0.769. The van der Waals surface area contributed by atoms with Gasteiger partial charge in [-0.05, 0) is 25.2 Å². The van der Waals surface area contributed by atoms with Crippen LogP contribution in [0.25, 0.3) is 4.96 Å². The molecule has 1 saturated heterocycles. The maximum Gasteiger partial charge on any atom is 0.234 e. The summed E-state index contributed by atoms with van der Waals surface area (Å²) in [6.07, 6.45) is 3.17. The SMILES string of the molecule is CC(C)CC(CN)c1nn2c(C3CCCO3)nnc2s1. The molecular weight excluding hydrogens is 274 g/mol. The molecule has 0 radical (unpaired) electrons. The summed E-state index contributed by atoms with van der Waals surface area (Å²) in [7, 11) is 0. The van der Waals surface area contributed by atoms with Gasteiger partial charge in [-0.15, -0.1) is 10.2 Å². The zero-order valence-corrected chi connectivity index (χ0v) is 12.8. The van der Waals surface area contributed by atoms with Crippen molar-refractivity contribution < 1.29 is 4.74 Å². The first kappa shape index (κ1) is 13.9. The molecule has 3 rings (SSSR count). The van der Waals surface area contributed by atoms with Crippen molar-refractivity contribution in [2.45, 2.75) is 45.1 Å². The Morgan fingerprint density at radius 2 is 2.30 bits per heavy atom. The lowest BCUT2D eigenvalue weighted by atomic mass is 9.98. The van der Waals surface area contributed by atoms with Gasteiger partial charge < -0.3 is 10.5 Å². The number of hydrogen-bond acceptors (Lipinski definition) is 6. The maximum absolute atomic E-state index is 5.90. The fourth-order valence-corrected chi connectivity index (χ4v) is 3.63. The Morgan fingerprint density at radius 1 is 1.45 bits per heavy atom. The largest absolute Gasteiger partial charge is 0.370 e. The van der Waals surface area contributed by atoms with E-state index in [4.69, 9.17) is 15.6 Å². The Kier molecular flexibility index (Phi) is 4.00. The summed E-state index contributed by atoms with van der Waals surface area (Å²) in [5.41, 5.74) is 5.90.